The van der Waals surface area contributed by atoms with E-state index in [1.807, 2.05) is 6.07 Å². The molecule has 13 heavy (non-hydrogen) atoms. The van der Waals surface area contributed by atoms with E-state index in [0.29, 0.717) is 12.5 Å². The van der Waals surface area contributed by atoms with Gasteiger partial charge in [0.05, 0.1) is 6.61 Å². The van der Waals surface area contributed by atoms with Crippen LogP contribution < -0.4 is 5.90 Å². The van der Waals surface area contributed by atoms with Crippen molar-refractivity contribution in [3.63, 3.8) is 0 Å². The molecule has 2 atom stereocenters. The van der Waals surface area contributed by atoms with Gasteiger partial charge in [-0.25, -0.2) is 5.90 Å². The van der Waals surface area contributed by atoms with E-state index in [2.05, 4.69) is 17.8 Å². The first-order chi connectivity index (χ1) is 6.31. The molecule has 1 aromatic rings. The van der Waals surface area contributed by atoms with Crippen LogP contribution in [0.25, 0.3) is 0 Å². The van der Waals surface area contributed by atoms with Crippen molar-refractivity contribution in [3.05, 3.63) is 23.7 Å². The molecule has 0 aliphatic heterocycles. The predicted octanol–water partition coefficient (Wildman–Crippen LogP) is 1.84. The van der Waals surface area contributed by atoms with E-state index in [-0.39, 0.29) is 0 Å². The Kier molecular flexibility index (Phi) is 2.38. The maximum absolute atomic E-state index is 5.64. The summed E-state index contributed by atoms with van der Waals surface area (Å²) in [4.78, 5) is 4.49. The van der Waals surface area contributed by atoms with Crippen LogP contribution in [0.15, 0.2) is 16.5 Å². The lowest BCUT2D eigenvalue weighted by molar-refractivity contribution is 0.137. The minimum absolute atomic E-state index is 0.521. The molecule has 1 aromatic heterocycles. The Morgan fingerprint density at radius 2 is 2.38 bits per heavy atom. The third kappa shape index (κ3) is 1.92. The lowest BCUT2D eigenvalue weighted by Crippen LogP contribution is -2.02. The summed E-state index contributed by atoms with van der Waals surface area (Å²) in [7, 11) is 0. The highest BCUT2D eigenvalue weighted by molar-refractivity contribution is 5.17. The van der Waals surface area contributed by atoms with Crippen molar-refractivity contribution in [2.45, 2.75) is 25.7 Å². The fourth-order valence-corrected chi connectivity index (χ4v) is 1.61. The van der Waals surface area contributed by atoms with Crippen molar-refractivity contribution < 1.29 is 9.25 Å². The van der Waals surface area contributed by atoms with Gasteiger partial charge in [-0.3, -0.25) is 0 Å². The Balaban J connectivity index is 1.94. The van der Waals surface area contributed by atoms with Crippen molar-refractivity contribution in [2.24, 2.45) is 11.8 Å². The van der Waals surface area contributed by atoms with Crippen molar-refractivity contribution >= 4 is 0 Å². The fraction of sp³-hybridized carbons (Fsp3) is 0.600. The summed E-state index contributed by atoms with van der Waals surface area (Å²) in [5, 5.41) is 0. The normalized spacial score (nSPS) is 26.3. The molecule has 0 aromatic carbocycles. The smallest absolute Gasteiger partial charge is 0.107 e. The standard InChI is InChI=1S/C10H15NO2/c1-7-6-9(7)10-3-2-8(13-10)4-5-12-11/h2-3,7,9H,4-6,11H2,1H3. The molecule has 2 N–H and O–H groups in total. The monoisotopic (exact) mass is 181 g/mol. The van der Waals surface area contributed by atoms with Crippen LogP contribution in [0.1, 0.15) is 30.8 Å². The van der Waals surface area contributed by atoms with Crippen LogP contribution in [-0.2, 0) is 11.3 Å². The average molecular weight is 181 g/mol. The Morgan fingerprint density at radius 3 is 3.00 bits per heavy atom. The van der Waals surface area contributed by atoms with E-state index in [1.54, 1.807) is 0 Å². The Morgan fingerprint density at radius 1 is 1.62 bits per heavy atom. The van der Waals surface area contributed by atoms with E-state index >= 15 is 0 Å². The molecule has 1 saturated carbocycles. The molecule has 0 radical (unpaired) electrons. The molecule has 2 rings (SSSR count). The molecular weight excluding hydrogens is 166 g/mol. The van der Waals surface area contributed by atoms with Gasteiger partial charge >= 0.3 is 0 Å². The number of furan rings is 1. The SMILES string of the molecule is CC1CC1c1ccc(CCON)o1. The number of hydrogen-bond acceptors (Lipinski definition) is 3. The third-order valence-electron chi connectivity index (χ3n) is 2.62. The third-order valence-corrected chi connectivity index (χ3v) is 2.62. The summed E-state index contributed by atoms with van der Waals surface area (Å²) >= 11 is 0. The topological polar surface area (TPSA) is 48.4 Å². The number of hydrogen-bond donors (Lipinski definition) is 1. The van der Waals surface area contributed by atoms with E-state index in [0.717, 1.165) is 23.9 Å². The van der Waals surface area contributed by atoms with Gasteiger partial charge in [-0.15, -0.1) is 0 Å². The molecular formula is C10H15NO2. The summed E-state index contributed by atoms with van der Waals surface area (Å²) in [6, 6.07) is 4.08. The minimum atomic E-state index is 0.521. The molecule has 1 heterocycles. The first-order valence-electron chi connectivity index (χ1n) is 4.71. The van der Waals surface area contributed by atoms with Gasteiger partial charge in [0.25, 0.3) is 0 Å². The molecule has 72 valence electrons. The first-order valence-corrected chi connectivity index (χ1v) is 4.71. The lowest BCUT2D eigenvalue weighted by Gasteiger charge is -1.94. The molecule has 0 spiro atoms. The van der Waals surface area contributed by atoms with Gasteiger partial charge in [0.15, 0.2) is 0 Å². The van der Waals surface area contributed by atoms with Crippen LogP contribution in [0, 0.1) is 5.92 Å². The van der Waals surface area contributed by atoms with Crippen molar-refractivity contribution in [3.8, 4) is 0 Å². The molecule has 3 heteroatoms. The Hall–Kier alpha value is -0.800. The summed E-state index contributed by atoms with van der Waals surface area (Å²) in [5.41, 5.74) is 0. The molecule has 0 amide bonds. The van der Waals surface area contributed by atoms with Crippen molar-refractivity contribution in [2.75, 3.05) is 6.61 Å². The Labute approximate surface area is 77.8 Å². The summed E-state index contributed by atoms with van der Waals surface area (Å²) in [6.07, 6.45) is 2.03. The van der Waals surface area contributed by atoms with Gasteiger partial charge in [-0.05, 0) is 24.5 Å². The second-order valence-corrected chi connectivity index (χ2v) is 3.74. The second kappa shape index (κ2) is 3.52. The summed E-state index contributed by atoms with van der Waals surface area (Å²) < 4.78 is 5.64. The van der Waals surface area contributed by atoms with Gasteiger partial charge < -0.3 is 9.25 Å². The Bertz CT molecular complexity index is 282. The maximum Gasteiger partial charge on any atom is 0.107 e. The van der Waals surface area contributed by atoms with Crippen molar-refractivity contribution in [1.82, 2.24) is 0 Å². The van der Waals surface area contributed by atoms with Crippen LogP contribution >= 0.6 is 0 Å². The zero-order valence-corrected chi connectivity index (χ0v) is 7.82. The van der Waals surface area contributed by atoms with E-state index in [4.69, 9.17) is 10.3 Å². The van der Waals surface area contributed by atoms with Crippen LogP contribution in [0.4, 0.5) is 0 Å². The van der Waals surface area contributed by atoms with Crippen LogP contribution in [0.3, 0.4) is 0 Å². The van der Waals surface area contributed by atoms with E-state index in [1.165, 1.54) is 6.42 Å². The second-order valence-electron chi connectivity index (χ2n) is 3.74. The molecule has 2 unspecified atom stereocenters. The van der Waals surface area contributed by atoms with Crippen LogP contribution in [0.2, 0.25) is 0 Å². The number of nitrogens with two attached hydrogens (primary N) is 1. The van der Waals surface area contributed by atoms with E-state index < -0.39 is 0 Å². The van der Waals surface area contributed by atoms with Gasteiger partial charge in [0.1, 0.15) is 11.5 Å². The predicted molar refractivity (Wildman–Crippen MR) is 49.1 cm³/mol. The van der Waals surface area contributed by atoms with Gasteiger partial charge in [-0.1, -0.05) is 6.92 Å². The van der Waals surface area contributed by atoms with Gasteiger partial charge in [0.2, 0.25) is 0 Å². The summed E-state index contributed by atoms with van der Waals surface area (Å²) in [6.45, 7) is 2.77. The van der Waals surface area contributed by atoms with Gasteiger partial charge in [-0.2, -0.15) is 0 Å². The average Bonchev–Trinajstić information content (AvgIpc) is 2.67. The maximum atomic E-state index is 5.64. The zero-order valence-electron chi connectivity index (χ0n) is 7.82. The quantitative estimate of drug-likeness (QED) is 0.721. The number of rotatable bonds is 4. The molecule has 1 aliphatic rings. The molecule has 3 nitrogen and oxygen atoms in total. The summed E-state index contributed by atoms with van der Waals surface area (Å²) in [5.74, 6) is 8.49. The molecule has 1 aliphatic carbocycles. The molecule has 1 fully saturated rings. The highest BCUT2D eigenvalue weighted by atomic mass is 16.6. The lowest BCUT2D eigenvalue weighted by atomic mass is 10.3. The highest BCUT2D eigenvalue weighted by Gasteiger charge is 2.36. The van der Waals surface area contributed by atoms with Crippen LogP contribution in [0.5, 0.6) is 0 Å². The molecule has 0 saturated heterocycles. The van der Waals surface area contributed by atoms with Crippen molar-refractivity contribution in [1.29, 1.82) is 0 Å². The largest absolute Gasteiger partial charge is 0.466 e. The van der Waals surface area contributed by atoms with Crippen LogP contribution in [-0.4, -0.2) is 6.61 Å². The van der Waals surface area contributed by atoms with E-state index in [9.17, 15) is 0 Å². The fourth-order valence-electron chi connectivity index (χ4n) is 1.61. The highest BCUT2D eigenvalue weighted by Crippen LogP contribution is 2.47. The molecule has 0 bridgehead atoms. The minimum Gasteiger partial charge on any atom is -0.466 e. The first kappa shape index (κ1) is 8.78. The zero-order chi connectivity index (χ0) is 9.26. The van der Waals surface area contributed by atoms with Gasteiger partial charge in [0, 0.05) is 12.3 Å².